The van der Waals surface area contributed by atoms with E-state index >= 15 is 0 Å². The molecule has 0 fully saturated rings. The molecule has 0 spiro atoms. The molecule has 2 heterocycles. The van der Waals surface area contributed by atoms with Crippen LogP contribution in [-0.4, -0.2) is 26.2 Å². The molecule has 4 aromatic rings. The van der Waals surface area contributed by atoms with Gasteiger partial charge in [-0.05, 0) is 42.5 Å². The van der Waals surface area contributed by atoms with Crippen molar-refractivity contribution in [2.75, 3.05) is 11.1 Å². The van der Waals surface area contributed by atoms with Crippen LogP contribution in [0.25, 0.3) is 16.6 Å². The van der Waals surface area contributed by atoms with Crippen LogP contribution in [0.4, 0.5) is 5.69 Å². The lowest BCUT2D eigenvalue weighted by atomic mass is 10.2. The molecule has 0 aliphatic carbocycles. The highest BCUT2D eigenvalue weighted by Gasteiger charge is 2.15. The van der Waals surface area contributed by atoms with E-state index in [0.717, 1.165) is 11.8 Å². The third-order valence-electron chi connectivity index (χ3n) is 4.26. The molecule has 0 aliphatic rings. The highest BCUT2D eigenvalue weighted by Crippen LogP contribution is 2.21. The first-order valence-corrected chi connectivity index (χ1v) is 9.99. The first kappa shape index (κ1) is 19.4. The van der Waals surface area contributed by atoms with Crippen LogP contribution in [0.5, 0.6) is 0 Å². The van der Waals surface area contributed by atoms with Gasteiger partial charge in [-0.2, -0.15) is 5.26 Å². The molecule has 2 aromatic heterocycles. The van der Waals surface area contributed by atoms with Gasteiger partial charge in [0, 0.05) is 11.9 Å². The van der Waals surface area contributed by atoms with Gasteiger partial charge in [0.2, 0.25) is 5.91 Å². The van der Waals surface area contributed by atoms with Crippen molar-refractivity contribution in [2.24, 2.45) is 0 Å². The summed E-state index contributed by atoms with van der Waals surface area (Å²) in [7, 11) is 0. The predicted octanol–water partition coefficient (Wildman–Crippen LogP) is 3.38. The van der Waals surface area contributed by atoms with E-state index in [4.69, 9.17) is 5.26 Å². The van der Waals surface area contributed by atoms with Crippen molar-refractivity contribution >= 4 is 34.3 Å². The van der Waals surface area contributed by atoms with Gasteiger partial charge in [-0.3, -0.25) is 19.1 Å². The summed E-state index contributed by atoms with van der Waals surface area (Å²) in [6.45, 7) is 0. The summed E-state index contributed by atoms with van der Waals surface area (Å²) in [4.78, 5) is 34.2. The van der Waals surface area contributed by atoms with Gasteiger partial charge in [0.05, 0.1) is 40.2 Å². The topological polar surface area (TPSA) is 101 Å². The van der Waals surface area contributed by atoms with Gasteiger partial charge in [0.1, 0.15) is 0 Å². The van der Waals surface area contributed by atoms with Gasteiger partial charge in [0.25, 0.3) is 5.56 Å². The zero-order valence-electron chi connectivity index (χ0n) is 15.6. The number of carbonyl (C=O) groups is 1. The molecule has 0 saturated heterocycles. The second-order valence-corrected chi connectivity index (χ2v) is 7.24. The molecule has 0 saturated carbocycles. The van der Waals surface area contributed by atoms with Crippen molar-refractivity contribution in [1.29, 1.82) is 5.26 Å². The van der Waals surface area contributed by atoms with Crippen molar-refractivity contribution in [3.05, 3.63) is 89.0 Å². The molecule has 146 valence electrons. The number of anilines is 1. The fourth-order valence-electron chi connectivity index (χ4n) is 2.92. The maximum Gasteiger partial charge on any atom is 0.266 e. The molecule has 0 atom stereocenters. The molecular formula is C22H15N5O2S. The zero-order chi connectivity index (χ0) is 20.9. The van der Waals surface area contributed by atoms with Crippen LogP contribution in [0, 0.1) is 11.3 Å². The van der Waals surface area contributed by atoms with Crippen LogP contribution >= 0.6 is 11.8 Å². The molecule has 1 amide bonds. The Labute approximate surface area is 176 Å². The number of nitrogens with one attached hydrogen (secondary N) is 1. The number of amides is 1. The van der Waals surface area contributed by atoms with E-state index in [2.05, 4.69) is 15.3 Å². The van der Waals surface area contributed by atoms with E-state index < -0.39 is 0 Å². The number of para-hydroxylation sites is 1. The lowest BCUT2D eigenvalue weighted by molar-refractivity contribution is -0.113. The third kappa shape index (κ3) is 4.06. The van der Waals surface area contributed by atoms with E-state index in [1.165, 1.54) is 4.57 Å². The first-order chi connectivity index (χ1) is 14.7. The van der Waals surface area contributed by atoms with Gasteiger partial charge in [0.15, 0.2) is 5.16 Å². The molecule has 2 aromatic carbocycles. The highest BCUT2D eigenvalue weighted by atomic mass is 32.2. The number of hydrogen-bond donors (Lipinski definition) is 1. The molecule has 7 nitrogen and oxygen atoms in total. The maximum atomic E-state index is 13.1. The van der Waals surface area contributed by atoms with Gasteiger partial charge >= 0.3 is 0 Å². The van der Waals surface area contributed by atoms with Crippen molar-refractivity contribution in [3.63, 3.8) is 0 Å². The lowest BCUT2D eigenvalue weighted by Crippen LogP contribution is -2.23. The van der Waals surface area contributed by atoms with Crippen molar-refractivity contribution in [3.8, 4) is 11.8 Å². The standard InChI is InChI=1S/C22H15N5O2S/c23-12-15-5-3-6-16(11-15)25-20(28)14-30-22-26-19-9-2-1-8-18(19)21(29)27(22)17-7-4-10-24-13-17/h1-11,13H,14H2,(H,25,28). The van der Waals surface area contributed by atoms with Crippen molar-refractivity contribution in [1.82, 2.24) is 14.5 Å². The normalized spacial score (nSPS) is 10.5. The number of thioether (sulfide) groups is 1. The number of pyridine rings is 1. The molecule has 8 heteroatoms. The summed E-state index contributed by atoms with van der Waals surface area (Å²) in [6.07, 6.45) is 3.20. The minimum Gasteiger partial charge on any atom is -0.325 e. The predicted molar refractivity (Wildman–Crippen MR) is 116 cm³/mol. The second-order valence-electron chi connectivity index (χ2n) is 6.29. The second kappa shape index (κ2) is 8.59. The van der Waals surface area contributed by atoms with Gasteiger partial charge in [-0.15, -0.1) is 0 Å². The average Bonchev–Trinajstić information content (AvgIpc) is 2.78. The summed E-state index contributed by atoms with van der Waals surface area (Å²) in [6, 6.07) is 19.3. The minimum absolute atomic E-state index is 0.0435. The Balaban J connectivity index is 1.64. The Kier molecular flexibility index (Phi) is 5.54. The number of fused-ring (bicyclic) bond motifs is 1. The van der Waals surface area contributed by atoms with Crippen LogP contribution in [0.1, 0.15) is 5.56 Å². The van der Waals surface area contributed by atoms with E-state index in [9.17, 15) is 9.59 Å². The van der Waals surface area contributed by atoms with Crippen LogP contribution in [0.15, 0.2) is 83.0 Å². The summed E-state index contributed by atoms with van der Waals surface area (Å²) < 4.78 is 1.46. The zero-order valence-corrected chi connectivity index (χ0v) is 16.5. The Bertz CT molecular complexity index is 1330. The number of hydrogen-bond acceptors (Lipinski definition) is 6. The number of rotatable bonds is 5. The summed E-state index contributed by atoms with van der Waals surface area (Å²) in [5.41, 5.74) is 1.91. The quantitative estimate of drug-likeness (QED) is 0.398. The van der Waals surface area contributed by atoms with Crippen molar-refractivity contribution < 1.29 is 4.79 Å². The first-order valence-electron chi connectivity index (χ1n) is 9.01. The maximum absolute atomic E-state index is 13.1. The smallest absolute Gasteiger partial charge is 0.266 e. The molecule has 0 radical (unpaired) electrons. The van der Waals surface area contributed by atoms with Crippen LogP contribution in [0.3, 0.4) is 0 Å². The van der Waals surface area contributed by atoms with Gasteiger partial charge < -0.3 is 5.32 Å². The van der Waals surface area contributed by atoms with Gasteiger partial charge in [-0.25, -0.2) is 4.98 Å². The summed E-state index contributed by atoms with van der Waals surface area (Å²) in [5, 5.41) is 12.6. The number of carbonyl (C=O) groups excluding carboxylic acids is 1. The largest absolute Gasteiger partial charge is 0.325 e. The fourth-order valence-corrected chi connectivity index (χ4v) is 3.73. The SMILES string of the molecule is N#Cc1cccc(NC(=O)CSc2nc3ccccc3c(=O)n2-c2cccnc2)c1. The Hall–Kier alpha value is -3.96. The molecule has 4 rings (SSSR count). The minimum atomic E-state index is -0.268. The Morgan fingerprint density at radius 1 is 1.13 bits per heavy atom. The third-order valence-corrected chi connectivity index (χ3v) is 5.20. The van der Waals surface area contributed by atoms with Crippen LogP contribution < -0.4 is 10.9 Å². The summed E-state index contributed by atoms with van der Waals surface area (Å²) in [5.74, 6) is -0.225. The molecule has 30 heavy (non-hydrogen) atoms. The number of nitriles is 1. The number of aromatic nitrogens is 3. The van der Waals surface area contributed by atoms with E-state index in [-0.39, 0.29) is 17.2 Å². The summed E-state index contributed by atoms with van der Waals surface area (Å²) >= 11 is 1.16. The molecule has 1 N–H and O–H groups in total. The molecular weight excluding hydrogens is 398 g/mol. The average molecular weight is 413 g/mol. The lowest BCUT2D eigenvalue weighted by Gasteiger charge is -2.13. The van der Waals surface area contributed by atoms with Crippen LogP contribution in [0.2, 0.25) is 0 Å². The molecule has 0 bridgehead atoms. The highest BCUT2D eigenvalue weighted by molar-refractivity contribution is 7.99. The fraction of sp³-hybridized carbons (Fsp3) is 0.0455. The Morgan fingerprint density at radius 2 is 2.00 bits per heavy atom. The number of benzene rings is 2. The van der Waals surface area contributed by atoms with E-state index in [1.54, 1.807) is 67.0 Å². The molecule has 0 unspecified atom stereocenters. The Morgan fingerprint density at radius 3 is 2.80 bits per heavy atom. The van der Waals surface area contributed by atoms with E-state index in [0.29, 0.717) is 33.0 Å². The van der Waals surface area contributed by atoms with Crippen molar-refractivity contribution in [2.45, 2.75) is 5.16 Å². The molecule has 0 aliphatic heterocycles. The van der Waals surface area contributed by atoms with Gasteiger partial charge in [-0.1, -0.05) is 30.0 Å². The number of nitrogens with zero attached hydrogens (tertiary/aromatic N) is 4. The van der Waals surface area contributed by atoms with Crippen LogP contribution in [-0.2, 0) is 4.79 Å². The monoisotopic (exact) mass is 413 g/mol. The van der Waals surface area contributed by atoms with E-state index in [1.807, 2.05) is 12.1 Å².